The summed E-state index contributed by atoms with van der Waals surface area (Å²) in [5.74, 6) is -0.523. The Hall–Kier alpha value is -1.45. The molecule has 0 radical (unpaired) electrons. The summed E-state index contributed by atoms with van der Waals surface area (Å²) in [5.41, 5.74) is 1.69. The highest BCUT2D eigenvalue weighted by Crippen LogP contribution is 2.42. The van der Waals surface area contributed by atoms with Gasteiger partial charge in [-0.15, -0.1) is 0 Å². The van der Waals surface area contributed by atoms with E-state index in [1.807, 2.05) is 20.8 Å². The van der Waals surface area contributed by atoms with E-state index in [1.54, 1.807) is 0 Å². The summed E-state index contributed by atoms with van der Waals surface area (Å²) in [7, 11) is 0. The second-order valence-corrected chi connectivity index (χ2v) is 5.32. The van der Waals surface area contributed by atoms with Gasteiger partial charge in [-0.1, -0.05) is 20.8 Å². The molecule has 0 saturated heterocycles. The molecule has 1 fully saturated rings. The number of aromatic carboxylic acids is 1. The van der Waals surface area contributed by atoms with Crippen molar-refractivity contribution in [3.63, 3.8) is 0 Å². The van der Waals surface area contributed by atoms with Gasteiger partial charge in [0.2, 0.25) is 0 Å². The molecular formula is C12H16N2O2. The van der Waals surface area contributed by atoms with E-state index in [2.05, 4.69) is 9.97 Å². The van der Waals surface area contributed by atoms with Gasteiger partial charge in [-0.25, -0.2) is 9.78 Å². The monoisotopic (exact) mass is 220 g/mol. The minimum absolute atomic E-state index is 0.0364. The van der Waals surface area contributed by atoms with Gasteiger partial charge in [0.1, 0.15) is 0 Å². The van der Waals surface area contributed by atoms with Gasteiger partial charge in [0.05, 0.1) is 17.6 Å². The van der Waals surface area contributed by atoms with E-state index in [-0.39, 0.29) is 11.1 Å². The fraction of sp³-hybridized carbons (Fsp3) is 0.583. The SMILES string of the molecule is CC(C)(C)c1nc(C(=O)O)cnc1C1CC1. The third kappa shape index (κ3) is 2.05. The lowest BCUT2D eigenvalue weighted by atomic mass is 9.89. The topological polar surface area (TPSA) is 63.1 Å². The van der Waals surface area contributed by atoms with Crippen LogP contribution < -0.4 is 0 Å². The molecule has 0 spiro atoms. The molecule has 0 aromatic carbocycles. The predicted octanol–water partition coefficient (Wildman–Crippen LogP) is 2.35. The van der Waals surface area contributed by atoms with Crippen molar-refractivity contribution in [3.8, 4) is 0 Å². The van der Waals surface area contributed by atoms with Gasteiger partial charge in [0, 0.05) is 11.3 Å². The van der Waals surface area contributed by atoms with Crippen molar-refractivity contribution in [1.29, 1.82) is 0 Å². The van der Waals surface area contributed by atoms with E-state index in [0.29, 0.717) is 5.92 Å². The lowest BCUT2D eigenvalue weighted by Crippen LogP contribution is -2.20. The Balaban J connectivity index is 2.51. The van der Waals surface area contributed by atoms with E-state index in [0.717, 1.165) is 24.2 Å². The van der Waals surface area contributed by atoms with Crippen molar-refractivity contribution in [2.24, 2.45) is 0 Å². The first-order valence-electron chi connectivity index (χ1n) is 5.50. The fourth-order valence-corrected chi connectivity index (χ4v) is 1.71. The zero-order chi connectivity index (χ0) is 11.9. The molecule has 0 bridgehead atoms. The van der Waals surface area contributed by atoms with Crippen LogP contribution in [0, 0.1) is 0 Å². The van der Waals surface area contributed by atoms with Crippen LogP contribution in [0.2, 0.25) is 0 Å². The molecule has 2 rings (SSSR count). The van der Waals surface area contributed by atoms with E-state index >= 15 is 0 Å². The number of hydrogen-bond donors (Lipinski definition) is 1. The van der Waals surface area contributed by atoms with Crippen LogP contribution in [0.3, 0.4) is 0 Å². The Kier molecular flexibility index (Phi) is 2.45. The molecule has 0 amide bonds. The number of carboxylic acids is 1. The molecule has 0 unspecified atom stereocenters. The van der Waals surface area contributed by atoms with Crippen LogP contribution >= 0.6 is 0 Å². The highest BCUT2D eigenvalue weighted by Gasteiger charge is 2.32. The molecule has 16 heavy (non-hydrogen) atoms. The van der Waals surface area contributed by atoms with Gasteiger partial charge in [-0.05, 0) is 12.8 Å². The molecule has 0 atom stereocenters. The maximum atomic E-state index is 10.9. The standard InChI is InChI=1S/C12H16N2O2/c1-12(2,3)10-9(7-4-5-7)13-6-8(14-10)11(15)16/h6-7H,4-5H2,1-3H3,(H,15,16). The third-order valence-corrected chi connectivity index (χ3v) is 2.69. The Labute approximate surface area is 94.7 Å². The molecule has 1 N–H and O–H groups in total. The van der Waals surface area contributed by atoms with Gasteiger partial charge < -0.3 is 5.11 Å². The summed E-state index contributed by atoms with van der Waals surface area (Å²) in [5, 5.41) is 8.92. The van der Waals surface area contributed by atoms with Crippen LogP contribution in [0.25, 0.3) is 0 Å². The summed E-state index contributed by atoms with van der Waals surface area (Å²) < 4.78 is 0. The van der Waals surface area contributed by atoms with Crippen molar-refractivity contribution < 1.29 is 9.90 Å². The second-order valence-electron chi connectivity index (χ2n) is 5.32. The van der Waals surface area contributed by atoms with Gasteiger partial charge in [-0.3, -0.25) is 4.98 Å². The second kappa shape index (κ2) is 3.54. The average Bonchev–Trinajstić information content (AvgIpc) is 2.98. The van der Waals surface area contributed by atoms with Crippen LogP contribution in [-0.4, -0.2) is 21.0 Å². The maximum Gasteiger partial charge on any atom is 0.356 e. The van der Waals surface area contributed by atoms with Crippen molar-refractivity contribution in [2.45, 2.75) is 44.9 Å². The number of carboxylic acid groups (broad SMARTS) is 1. The van der Waals surface area contributed by atoms with E-state index in [4.69, 9.17) is 5.11 Å². The lowest BCUT2D eigenvalue weighted by Gasteiger charge is -2.20. The van der Waals surface area contributed by atoms with Crippen LogP contribution in [-0.2, 0) is 5.41 Å². The summed E-state index contributed by atoms with van der Waals surface area (Å²) in [6.07, 6.45) is 3.65. The minimum Gasteiger partial charge on any atom is -0.476 e. The van der Waals surface area contributed by atoms with Gasteiger partial charge in [0.15, 0.2) is 5.69 Å². The van der Waals surface area contributed by atoms with Gasteiger partial charge >= 0.3 is 5.97 Å². The molecule has 1 aliphatic carbocycles. The molecule has 86 valence electrons. The Morgan fingerprint density at radius 1 is 1.44 bits per heavy atom. The molecule has 1 heterocycles. The first kappa shape index (κ1) is 11.0. The van der Waals surface area contributed by atoms with Crippen LogP contribution in [0.4, 0.5) is 0 Å². The Morgan fingerprint density at radius 3 is 2.50 bits per heavy atom. The normalized spacial score (nSPS) is 16.2. The zero-order valence-corrected chi connectivity index (χ0v) is 9.82. The number of nitrogens with zero attached hydrogens (tertiary/aromatic N) is 2. The highest BCUT2D eigenvalue weighted by molar-refractivity contribution is 5.84. The smallest absolute Gasteiger partial charge is 0.356 e. The molecule has 1 saturated carbocycles. The van der Waals surface area contributed by atoms with Crippen molar-refractivity contribution >= 4 is 5.97 Å². The maximum absolute atomic E-state index is 10.9. The molecule has 4 nitrogen and oxygen atoms in total. The average molecular weight is 220 g/mol. The van der Waals surface area contributed by atoms with Crippen LogP contribution in [0.15, 0.2) is 6.20 Å². The first-order chi connectivity index (χ1) is 7.39. The molecule has 4 heteroatoms. The zero-order valence-electron chi connectivity index (χ0n) is 9.82. The number of carbonyl (C=O) groups is 1. The van der Waals surface area contributed by atoms with E-state index in [1.165, 1.54) is 6.20 Å². The summed E-state index contributed by atoms with van der Waals surface area (Å²) in [6.45, 7) is 6.11. The highest BCUT2D eigenvalue weighted by atomic mass is 16.4. The van der Waals surface area contributed by atoms with Crippen molar-refractivity contribution in [3.05, 3.63) is 23.3 Å². The molecule has 0 aliphatic heterocycles. The first-order valence-corrected chi connectivity index (χ1v) is 5.50. The van der Waals surface area contributed by atoms with Gasteiger partial charge in [-0.2, -0.15) is 0 Å². The fourth-order valence-electron chi connectivity index (χ4n) is 1.71. The van der Waals surface area contributed by atoms with E-state index < -0.39 is 5.97 Å². The Morgan fingerprint density at radius 2 is 2.06 bits per heavy atom. The summed E-state index contributed by atoms with van der Waals surface area (Å²) >= 11 is 0. The van der Waals surface area contributed by atoms with E-state index in [9.17, 15) is 4.79 Å². The quantitative estimate of drug-likeness (QED) is 0.831. The van der Waals surface area contributed by atoms with Crippen LogP contribution in [0.1, 0.15) is 61.4 Å². The number of hydrogen-bond acceptors (Lipinski definition) is 3. The lowest BCUT2D eigenvalue weighted by molar-refractivity contribution is 0.0689. The minimum atomic E-state index is -1.01. The summed E-state index contributed by atoms with van der Waals surface area (Å²) in [6, 6.07) is 0. The largest absolute Gasteiger partial charge is 0.476 e. The van der Waals surface area contributed by atoms with Crippen LogP contribution in [0.5, 0.6) is 0 Å². The Bertz CT molecular complexity index is 431. The van der Waals surface area contributed by atoms with Gasteiger partial charge in [0.25, 0.3) is 0 Å². The number of aromatic nitrogens is 2. The van der Waals surface area contributed by atoms with Crippen molar-refractivity contribution in [2.75, 3.05) is 0 Å². The third-order valence-electron chi connectivity index (χ3n) is 2.69. The predicted molar refractivity (Wildman–Crippen MR) is 59.7 cm³/mol. The summed E-state index contributed by atoms with van der Waals surface area (Å²) in [4.78, 5) is 19.4. The van der Waals surface area contributed by atoms with Crippen molar-refractivity contribution in [1.82, 2.24) is 9.97 Å². The molecule has 1 aromatic rings. The molecule has 1 aromatic heterocycles. The number of rotatable bonds is 2. The molecule has 1 aliphatic rings. The molecular weight excluding hydrogens is 204 g/mol.